The van der Waals surface area contributed by atoms with Gasteiger partial charge < -0.3 is 19.6 Å². The average Bonchev–Trinajstić information content (AvgIpc) is 2.68. The fourth-order valence-corrected chi connectivity index (χ4v) is 2.15. The Kier molecular flexibility index (Phi) is 3.51. The van der Waals surface area contributed by atoms with E-state index in [4.69, 9.17) is 9.47 Å². The molecule has 7 heteroatoms. The van der Waals surface area contributed by atoms with Crippen LogP contribution in [0.15, 0.2) is 23.0 Å². The van der Waals surface area contributed by atoms with Crippen LogP contribution in [0.4, 0.5) is 0 Å². The Morgan fingerprint density at radius 3 is 2.75 bits per heavy atom. The summed E-state index contributed by atoms with van der Waals surface area (Å²) in [5.74, 6) is 1.30. The van der Waals surface area contributed by atoms with Crippen LogP contribution >= 0.6 is 22.6 Å². The molecule has 0 fully saturated rings. The van der Waals surface area contributed by atoms with Gasteiger partial charge in [-0.05, 0) is 40.8 Å². The predicted octanol–water partition coefficient (Wildman–Crippen LogP) is 1.91. The highest BCUT2D eigenvalue weighted by Crippen LogP contribution is 2.33. The van der Waals surface area contributed by atoms with E-state index in [9.17, 15) is 9.90 Å². The number of fused-ring (bicyclic) bond motifs is 1. The molecule has 20 heavy (non-hydrogen) atoms. The Hall–Kier alpha value is -1.77. The molecular weight excluding hydrogens is 375 g/mol. The lowest BCUT2D eigenvalue weighted by Crippen LogP contribution is -2.12. The first-order valence-corrected chi connectivity index (χ1v) is 7.12. The van der Waals surface area contributed by atoms with Gasteiger partial charge in [-0.3, -0.25) is 4.79 Å². The molecule has 104 valence electrons. The van der Waals surface area contributed by atoms with Gasteiger partial charge in [0, 0.05) is 12.0 Å². The highest BCUT2D eigenvalue weighted by atomic mass is 127. The van der Waals surface area contributed by atoms with Gasteiger partial charge in [0.15, 0.2) is 11.5 Å². The lowest BCUT2D eigenvalue weighted by atomic mass is 10.2. The van der Waals surface area contributed by atoms with E-state index in [1.165, 1.54) is 0 Å². The van der Waals surface area contributed by atoms with Crippen molar-refractivity contribution < 1.29 is 14.6 Å². The largest absolute Gasteiger partial charge is 0.492 e. The van der Waals surface area contributed by atoms with Crippen molar-refractivity contribution in [1.82, 2.24) is 9.97 Å². The molecule has 0 spiro atoms. The molecule has 1 aliphatic heterocycles. The zero-order valence-corrected chi connectivity index (χ0v) is 12.5. The first kappa shape index (κ1) is 13.2. The molecule has 1 aromatic heterocycles. The lowest BCUT2D eigenvalue weighted by molar-refractivity contribution is 0.297. The van der Waals surface area contributed by atoms with Gasteiger partial charge >= 0.3 is 0 Å². The van der Waals surface area contributed by atoms with Crippen LogP contribution in [0.1, 0.15) is 6.42 Å². The molecule has 0 bridgehead atoms. The van der Waals surface area contributed by atoms with Crippen LogP contribution < -0.4 is 15.0 Å². The molecule has 2 heterocycles. The summed E-state index contributed by atoms with van der Waals surface area (Å²) in [6.07, 6.45) is 0.823. The Morgan fingerprint density at radius 1 is 1.25 bits per heavy atom. The van der Waals surface area contributed by atoms with Gasteiger partial charge in [-0.25, -0.2) is 0 Å². The quantitative estimate of drug-likeness (QED) is 0.732. The predicted molar refractivity (Wildman–Crippen MR) is 80.3 cm³/mol. The van der Waals surface area contributed by atoms with Crippen molar-refractivity contribution in [2.45, 2.75) is 6.42 Å². The summed E-state index contributed by atoms with van der Waals surface area (Å²) in [5, 5.41) is 9.63. The standard InChI is InChI=1S/C13H11IN2O4/c14-10-12(17)15-11(16-13(10)18)7-2-3-8-9(6-7)20-5-1-4-19-8/h2-3,6H,1,4-5H2,(H2,15,16,17,18). The number of nitrogens with one attached hydrogen (secondary N) is 1. The van der Waals surface area contributed by atoms with E-state index in [1.54, 1.807) is 40.8 Å². The Bertz CT molecular complexity index is 714. The molecule has 0 saturated carbocycles. The number of benzene rings is 1. The maximum atomic E-state index is 11.7. The van der Waals surface area contributed by atoms with Crippen molar-refractivity contribution in [3.8, 4) is 28.8 Å². The molecule has 2 aromatic rings. The second-order valence-electron chi connectivity index (χ2n) is 4.26. The maximum Gasteiger partial charge on any atom is 0.268 e. The highest BCUT2D eigenvalue weighted by molar-refractivity contribution is 14.1. The van der Waals surface area contributed by atoms with Crippen LogP contribution in [0.3, 0.4) is 0 Å². The van der Waals surface area contributed by atoms with Crippen molar-refractivity contribution in [3.05, 3.63) is 32.1 Å². The number of aromatic nitrogens is 2. The zero-order valence-electron chi connectivity index (χ0n) is 10.4. The Labute approximate surface area is 127 Å². The van der Waals surface area contributed by atoms with Gasteiger partial charge in [-0.2, -0.15) is 4.98 Å². The molecule has 1 aliphatic rings. The number of hydrogen-bond donors (Lipinski definition) is 2. The fourth-order valence-electron chi connectivity index (χ4n) is 1.89. The third-order valence-electron chi connectivity index (χ3n) is 2.87. The number of aromatic amines is 1. The van der Waals surface area contributed by atoms with Gasteiger partial charge in [0.25, 0.3) is 5.56 Å². The number of hydrogen-bond acceptors (Lipinski definition) is 5. The van der Waals surface area contributed by atoms with E-state index in [2.05, 4.69) is 9.97 Å². The van der Waals surface area contributed by atoms with E-state index in [0.29, 0.717) is 36.1 Å². The number of aromatic hydroxyl groups is 1. The zero-order chi connectivity index (χ0) is 14.1. The number of halogens is 1. The van der Waals surface area contributed by atoms with Gasteiger partial charge in [0.05, 0.1) is 13.2 Å². The highest BCUT2D eigenvalue weighted by Gasteiger charge is 2.14. The van der Waals surface area contributed by atoms with Crippen LogP contribution in [0, 0.1) is 3.57 Å². The topological polar surface area (TPSA) is 84.4 Å². The molecule has 0 radical (unpaired) electrons. The van der Waals surface area contributed by atoms with Gasteiger partial charge in [0.2, 0.25) is 5.88 Å². The third-order valence-corrected chi connectivity index (χ3v) is 3.84. The second kappa shape index (κ2) is 5.31. The van der Waals surface area contributed by atoms with Gasteiger partial charge in [-0.1, -0.05) is 0 Å². The van der Waals surface area contributed by atoms with Crippen molar-refractivity contribution in [2.75, 3.05) is 13.2 Å². The molecule has 6 nitrogen and oxygen atoms in total. The van der Waals surface area contributed by atoms with E-state index in [1.807, 2.05) is 0 Å². The molecule has 0 unspecified atom stereocenters. The molecule has 0 atom stereocenters. The SMILES string of the molecule is O=c1[nH]c(-c2ccc3c(c2)OCCCO3)nc(O)c1I. The summed E-state index contributed by atoms with van der Waals surface area (Å²) in [6.45, 7) is 1.20. The first-order valence-electron chi connectivity index (χ1n) is 6.04. The van der Waals surface area contributed by atoms with Crippen molar-refractivity contribution in [2.24, 2.45) is 0 Å². The van der Waals surface area contributed by atoms with Crippen LogP contribution in [0.5, 0.6) is 17.4 Å². The van der Waals surface area contributed by atoms with E-state index in [-0.39, 0.29) is 15.0 Å². The summed E-state index contributed by atoms with van der Waals surface area (Å²) in [4.78, 5) is 18.3. The van der Waals surface area contributed by atoms with E-state index in [0.717, 1.165) is 6.42 Å². The van der Waals surface area contributed by atoms with Crippen LogP contribution in [-0.4, -0.2) is 28.3 Å². The number of rotatable bonds is 1. The van der Waals surface area contributed by atoms with Crippen molar-refractivity contribution >= 4 is 22.6 Å². The van der Waals surface area contributed by atoms with E-state index < -0.39 is 0 Å². The number of ether oxygens (including phenoxy) is 2. The second-order valence-corrected chi connectivity index (χ2v) is 5.34. The summed E-state index contributed by atoms with van der Waals surface area (Å²) in [7, 11) is 0. The molecule has 2 N–H and O–H groups in total. The van der Waals surface area contributed by atoms with Gasteiger partial charge in [0.1, 0.15) is 9.39 Å². The Morgan fingerprint density at radius 2 is 2.00 bits per heavy atom. The smallest absolute Gasteiger partial charge is 0.268 e. The van der Waals surface area contributed by atoms with Gasteiger partial charge in [-0.15, -0.1) is 0 Å². The van der Waals surface area contributed by atoms with Crippen molar-refractivity contribution in [3.63, 3.8) is 0 Å². The summed E-state index contributed by atoms with van der Waals surface area (Å²) in [6, 6.07) is 5.27. The average molecular weight is 386 g/mol. The molecule has 0 amide bonds. The van der Waals surface area contributed by atoms with Crippen LogP contribution in [-0.2, 0) is 0 Å². The summed E-state index contributed by atoms with van der Waals surface area (Å²) >= 11 is 1.74. The normalized spacial score (nSPS) is 13.8. The number of nitrogens with zero attached hydrogens (tertiary/aromatic N) is 1. The first-order chi connectivity index (χ1) is 9.65. The summed E-state index contributed by atoms with van der Waals surface area (Å²) in [5.41, 5.74) is 0.276. The lowest BCUT2D eigenvalue weighted by Gasteiger charge is -2.09. The monoisotopic (exact) mass is 386 g/mol. The fraction of sp³-hybridized carbons (Fsp3) is 0.231. The molecular formula is C13H11IN2O4. The molecule has 1 aromatic carbocycles. The van der Waals surface area contributed by atoms with Crippen LogP contribution in [0.25, 0.3) is 11.4 Å². The molecule has 3 rings (SSSR count). The van der Waals surface area contributed by atoms with Crippen molar-refractivity contribution in [1.29, 1.82) is 0 Å². The summed E-state index contributed by atoms with van der Waals surface area (Å²) < 4.78 is 11.3. The molecule has 0 aliphatic carbocycles. The van der Waals surface area contributed by atoms with Crippen LogP contribution in [0.2, 0.25) is 0 Å². The number of H-pyrrole nitrogens is 1. The minimum Gasteiger partial charge on any atom is -0.492 e. The third kappa shape index (κ3) is 2.45. The van der Waals surface area contributed by atoms with E-state index >= 15 is 0 Å². The maximum absolute atomic E-state index is 11.7. The molecule has 0 saturated heterocycles. The Balaban J connectivity index is 2.07. The minimum absolute atomic E-state index is 0.167. The minimum atomic E-state index is -0.375.